The molecule has 4 aromatic rings. The average molecular weight is 572 g/mol. The Labute approximate surface area is 228 Å². The molecule has 2 aromatic heterocycles. The summed E-state index contributed by atoms with van der Waals surface area (Å²) in [6, 6.07) is 12.1. The van der Waals surface area contributed by atoms with Gasteiger partial charge < -0.3 is 30.8 Å². The summed E-state index contributed by atoms with van der Waals surface area (Å²) < 4.78 is 55.2. The number of carbonyl (C=O) groups is 1. The Balaban J connectivity index is 1.47. The van der Waals surface area contributed by atoms with E-state index in [1.807, 2.05) is 0 Å². The van der Waals surface area contributed by atoms with E-state index in [2.05, 4.69) is 36.2 Å². The summed E-state index contributed by atoms with van der Waals surface area (Å²) in [5.41, 5.74) is -0.434. The van der Waals surface area contributed by atoms with Gasteiger partial charge in [0.15, 0.2) is 0 Å². The lowest BCUT2D eigenvalue weighted by Gasteiger charge is -2.24. The van der Waals surface area contributed by atoms with E-state index < -0.39 is 24.8 Å². The van der Waals surface area contributed by atoms with Crippen molar-refractivity contribution in [2.24, 2.45) is 0 Å². The first-order chi connectivity index (χ1) is 19.0. The smallest absolute Gasteiger partial charge is 0.349 e. The van der Waals surface area contributed by atoms with Crippen LogP contribution in [0, 0.1) is 0 Å². The lowest BCUT2D eigenvalue weighted by atomic mass is 10.0. The Morgan fingerprint density at radius 2 is 1.75 bits per heavy atom. The van der Waals surface area contributed by atoms with E-state index in [4.69, 9.17) is 0 Å². The molecule has 0 atom stereocenters. The number of piperidine rings is 1. The molecule has 1 saturated heterocycles. The number of anilines is 4. The molecule has 0 saturated carbocycles. The van der Waals surface area contributed by atoms with Crippen molar-refractivity contribution >= 4 is 52.5 Å². The monoisotopic (exact) mass is 571 g/mol. The molecule has 0 radical (unpaired) electrons. The molecule has 5 N–H and O–H groups in total. The SMILES string of the molecule is CP(C)(=O)c1ccccc1Nc1nc(Nc2ccc(C(=O)NC3CCNCC3)cc2C(F)(F)F)nc2[nH]ccc12. The minimum atomic E-state index is -4.74. The van der Waals surface area contributed by atoms with Crippen LogP contribution >= 0.6 is 7.14 Å². The van der Waals surface area contributed by atoms with Crippen LogP contribution < -0.4 is 26.6 Å². The number of nitrogens with zero attached hydrogens (tertiary/aromatic N) is 2. The second-order valence-electron chi connectivity index (χ2n) is 10.0. The first-order valence-electron chi connectivity index (χ1n) is 12.8. The van der Waals surface area contributed by atoms with E-state index in [0.29, 0.717) is 40.7 Å². The van der Waals surface area contributed by atoms with Gasteiger partial charge in [-0.25, -0.2) is 0 Å². The van der Waals surface area contributed by atoms with Gasteiger partial charge in [-0.3, -0.25) is 4.79 Å². The fourth-order valence-corrected chi connectivity index (χ4v) is 5.81. The number of aromatic amines is 1. The maximum atomic E-state index is 14.1. The number of H-pyrrole nitrogens is 1. The zero-order valence-corrected chi connectivity index (χ0v) is 22.8. The van der Waals surface area contributed by atoms with Crippen molar-refractivity contribution in [3.05, 3.63) is 65.9 Å². The van der Waals surface area contributed by atoms with E-state index in [1.165, 1.54) is 12.1 Å². The Bertz CT molecular complexity index is 1590. The van der Waals surface area contributed by atoms with Crippen LogP contribution in [0.15, 0.2) is 54.7 Å². The van der Waals surface area contributed by atoms with Gasteiger partial charge in [0.1, 0.15) is 18.6 Å². The van der Waals surface area contributed by atoms with Crippen LogP contribution in [-0.4, -0.2) is 53.3 Å². The maximum absolute atomic E-state index is 14.1. The highest BCUT2D eigenvalue weighted by Gasteiger charge is 2.35. The van der Waals surface area contributed by atoms with Crippen molar-refractivity contribution in [3.8, 4) is 0 Å². The van der Waals surface area contributed by atoms with Gasteiger partial charge in [0.25, 0.3) is 5.91 Å². The molecule has 0 spiro atoms. The van der Waals surface area contributed by atoms with E-state index >= 15 is 0 Å². The Morgan fingerprint density at radius 1 is 1.00 bits per heavy atom. The average Bonchev–Trinajstić information content (AvgIpc) is 3.38. The van der Waals surface area contributed by atoms with E-state index in [0.717, 1.165) is 19.2 Å². The third-order valence-electron chi connectivity index (χ3n) is 6.66. The lowest BCUT2D eigenvalue weighted by Crippen LogP contribution is -2.42. The minimum absolute atomic E-state index is 0.0836. The van der Waals surface area contributed by atoms with Crippen molar-refractivity contribution in [2.45, 2.75) is 25.1 Å². The number of fused-ring (bicyclic) bond motifs is 1. The molecule has 0 bridgehead atoms. The number of benzene rings is 2. The van der Waals surface area contributed by atoms with Crippen LogP contribution in [-0.2, 0) is 10.7 Å². The summed E-state index contributed by atoms with van der Waals surface area (Å²) in [5.74, 6) is -0.327. The summed E-state index contributed by atoms with van der Waals surface area (Å²) >= 11 is 0. The van der Waals surface area contributed by atoms with Crippen LogP contribution in [0.2, 0.25) is 0 Å². The van der Waals surface area contributed by atoms with Gasteiger partial charge in [-0.05, 0) is 75.7 Å². The van der Waals surface area contributed by atoms with Gasteiger partial charge in [0, 0.05) is 23.1 Å². The predicted octanol–water partition coefficient (Wildman–Crippen LogP) is 5.19. The number of alkyl halides is 3. The van der Waals surface area contributed by atoms with Gasteiger partial charge >= 0.3 is 6.18 Å². The van der Waals surface area contributed by atoms with Crippen LogP contribution in [0.25, 0.3) is 11.0 Å². The highest BCUT2D eigenvalue weighted by Crippen LogP contribution is 2.39. The highest BCUT2D eigenvalue weighted by molar-refractivity contribution is 7.70. The summed E-state index contributed by atoms with van der Waals surface area (Å²) in [6.07, 6.45) is -1.68. The standard InChI is InChI=1S/C27H29F3N7O2P/c1-40(2,39)22-6-4-3-5-21(22)34-24-18-11-14-32-23(18)36-26(37-24)35-20-8-7-16(15-19(20)27(28,29)30)25(38)33-17-9-12-31-13-10-17/h3-8,11,14-15,17,31H,9-10,12-13H2,1-2H3,(H,33,38)(H3,32,34,35,36,37). The highest BCUT2D eigenvalue weighted by atomic mass is 31.2. The number of rotatable bonds is 7. The number of carbonyl (C=O) groups excluding carboxylic acids is 1. The van der Waals surface area contributed by atoms with Crippen molar-refractivity contribution in [2.75, 3.05) is 37.1 Å². The van der Waals surface area contributed by atoms with Crippen molar-refractivity contribution in [1.82, 2.24) is 25.6 Å². The number of hydrogen-bond donors (Lipinski definition) is 5. The molecule has 210 valence electrons. The second-order valence-corrected chi connectivity index (χ2v) is 13.2. The molecule has 0 unspecified atom stereocenters. The molecule has 1 amide bonds. The Morgan fingerprint density at radius 3 is 2.48 bits per heavy atom. The molecule has 5 rings (SSSR count). The number of halogens is 3. The zero-order valence-electron chi connectivity index (χ0n) is 21.9. The molecule has 1 aliphatic heterocycles. The van der Waals surface area contributed by atoms with E-state index in [1.54, 1.807) is 49.9 Å². The van der Waals surface area contributed by atoms with Crippen LogP contribution in [0.5, 0.6) is 0 Å². The quantitative estimate of drug-likeness (QED) is 0.193. The van der Waals surface area contributed by atoms with Gasteiger partial charge in [0.05, 0.1) is 22.3 Å². The van der Waals surface area contributed by atoms with Gasteiger partial charge in [0.2, 0.25) is 5.95 Å². The third-order valence-corrected chi connectivity index (χ3v) is 8.21. The number of amides is 1. The molecule has 2 aromatic carbocycles. The van der Waals surface area contributed by atoms with Gasteiger partial charge in [-0.15, -0.1) is 0 Å². The lowest BCUT2D eigenvalue weighted by molar-refractivity contribution is -0.136. The summed E-state index contributed by atoms with van der Waals surface area (Å²) in [6.45, 7) is 4.79. The molecular formula is C27H29F3N7O2P. The molecule has 13 heteroatoms. The molecule has 1 aliphatic rings. The van der Waals surface area contributed by atoms with Crippen molar-refractivity contribution in [1.29, 1.82) is 0 Å². The first-order valence-corrected chi connectivity index (χ1v) is 15.4. The van der Waals surface area contributed by atoms with Gasteiger partial charge in [-0.1, -0.05) is 12.1 Å². The maximum Gasteiger partial charge on any atom is 0.418 e. The minimum Gasteiger partial charge on any atom is -0.349 e. The predicted molar refractivity (Wildman–Crippen MR) is 151 cm³/mol. The fraction of sp³-hybridized carbons (Fsp3) is 0.296. The third kappa shape index (κ3) is 6.13. The number of nitrogens with one attached hydrogen (secondary N) is 5. The molecule has 9 nitrogen and oxygen atoms in total. The van der Waals surface area contributed by atoms with E-state index in [9.17, 15) is 22.5 Å². The molecule has 0 aliphatic carbocycles. The Hall–Kier alpha value is -3.89. The van der Waals surface area contributed by atoms with Crippen molar-refractivity contribution < 1.29 is 22.5 Å². The van der Waals surface area contributed by atoms with E-state index in [-0.39, 0.29) is 23.2 Å². The normalized spacial score (nSPS) is 14.7. The number of para-hydroxylation sites is 1. The van der Waals surface area contributed by atoms with Crippen LogP contribution in [0.3, 0.4) is 0 Å². The molecule has 40 heavy (non-hydrogen) atoms. The Kier molecular flexibility index (Phi) is 7.57. The largest absolute Gasteiger partial charge is 0.418 e. The number of aromatic nitrogens is 3. The summed E-state index contributed by atoms with van der Waals surface area (Å²) in [7, 11) is -2.65. The molecule has 3 heterocycles. The van der Waals surface area contributed by atoms with Gasteiger partial charge in [-0.2, -0.15) is 23.1 Å². The van der Waals surface area contributed by atoms with Crippen LogP contribution in [0.4, 0.5) is 36.3 Å². The molecular weight excluding hydrogens is 542 g/mol. The topological polar surface area (TPSA) is 124 Å². The fourth-order valence-electron chi connectivity index (χ4n) is 4.65. The summed E-state index contributed by atoms with van der Waals surface area (Å²) in [5, 5.41) is 13.1. The molecule has 1 fully saturated rings. The first kappa shape index (κ1) is 27.7. The van der Waals surface area contributed by atoms with Crippen molar-refractivity contribution in [3.63, 3.8) is 0 Å². The number of hydrogen-bond acceptors (Lipinski definition) is 7. The zero-order chi connectivity index (χ0) is 28.5. The van der Waals surface area contributed by atoms with Crippen LogP contribution in [0.1, 0.15) is 28.8 Å². The second kappa shape index (κ2) is 10.9. The summed E-state index contributed by atoms with van der Waals surface area (Å²) in [4.78, 5) is 24.5.